The molecule has 118 valence electrons. The molecule has 1 aromatic carbocycles. The van der Waals surface area contributed by atoms with Crippen LogP contribution in [0.25, 0.3) is 0 Å². The van der Waals surface area contributed by atoms with Gasteiger partial charge < -0.3 is 21.0 Å². The highest BCUT2D eigenvalue weighted by Gasteiger charge is 2.08. The molecule has 0 heterocycles. The maximum atomic E-state index is 13.2. The van der Waals surface area contributed by atoms with E-state index in [1.807, 2.05) is 13.8 Å². The zero-order valence-corrected chi connectivity index (χ0v) is 12.6. The van der Waals surface area contributed by atoms with Gasteiger partial charge in [-0.1, -0.05) is 11.2 Å². The first-order valence-electron chi connectivity index (χ1n) is 7.13. The van der Waals surface area contributed by atoms with Crippen molar-refractivity contribution in [2.75, 3.05) is 13.2 Å². The average Bonchev–Trinajstić information content (AvgIpc) is 2.46. The van der Waals surface area contributed by atoms with Gasteiger partial charge in [-0.15, -0.1) is 0 Å². The van der Waals surface area contributed by atoms with Crippen LogP contribution in [0.4, 0.5) is 4.39 Å². The summed E-state index contributed by atoms with van der Waals surface area (Å²) in [4.78, 5) is 0. The summed E-state index contributed by atoms with van der Waals surface area (Å²) in [5.41, 5.74) is 6.76. The zero-order chi connectivity index (χ0) is 15.7. The van der Waals surface area contributed by atoms with E-state index in [0.717, 1.165) is 31.6 Å². The normalized spacial score (nSPS) is 12.1. The third kappa shape index (κ3) is 6.55. The number of halogens is 1. The molecule has 1 rings (SSSR count). The SMILES string of the molecule is CC(C)OCCCCNCc1ccc(F)cc1/C(N)=N/O. The minimum Gasteiger partial charge on any atom is -0.409 e. The number of oxime groups is 1. The van der Waals surface area contributed by atoms with E-state index in [9.17, 15) is 4.39 Å². The number of nitrogens with zero attached hydrogens (tertiary/aromatic N) is 1. The summed E-state index contributed by atoms with van der Waals surface area (Å²) in [7, 11) is 0. The number of hydrogen-bond donors (Lipinski definition) is 3. The molecule has 0 saturated heterocycles. The van der Waals surface area contributed by atoms with Crippen LogP contribution in [0.3, 0.4) is 0 Å². The maximum absolute atomic E-state index is 13.2. The van der Waals surface area contributed by atoms with E-state index in [-0.39, 0.29) is 11.9 Å². The number of nitrogens with one attached hydrogen (secondary N) is 1. The van der Waals surface area contributed by atoms with E-state index in [1.54, 1.807) is 6.07 Å². The van der Waals surface area contributed by atoms with Gasteiger partial charge in [0.15, 0.2) is 5.84 Å². The van der Waals surface area contributed by atoms with Crippen LogP contribution in [0.15, 0.2) is 23.4 Å². The molecule has 4 N–H and O–H groups in total. The quantitative estimate of drug-likeness (QED) is 0.215. The Morgan fingerprint density at radius 1 is 1.43 bits per heavy atom. The molecule has 0 saturated carbocycles. The summed E-state index contributed by atoms with van der Waals surface area (Å²) in [5, 5.41) is 14.9. The highest BCUT2D eigenvalue weighted by Crippen LogP contribution is 2.11. The third-order valence-electron chi connectivity index (χ3n) is 2.97. The van der Waals surface area contributed by atoms with Gasteiger partial charge in [-0.2, -0.15) is 0 Å². The highest BCUT2D eigenvalue weighted by atomic mass is 19.1. The molecule has 0 fully saturated rings. The Hall–Kier alpha value is -1.66. The second-order valence-electron chi connectivity index (χ2n) is 5.09. The van der Waals surface area contributed by atoms with Gasteiger partial charge in [-0.3, -0.25) is 0 Å². The fourth-order valence-corrected chi connectivity index (χ4v) is 1.89. The van der Waals surface area contributed by atoms with Gasteiger partial charge in [0, 0.05) is 18.7 Å². The van der Waals surface area contributed by atoms with Crippen molar-refractivity contribution < 1.29 is 14.3 Å². The number of amidine groups is 1. The number of hydrogen-bond acceptors (Lipinski definition) is 4. The Morgan fingerprint density at radius 2 is 2.19 bits per heavy atom. The van der Waals surface area contributed by atoms with Crippen LogP contribution in [0.1, 0.15) is 37.8 Å². The number of ether oxygens (including phenoxy) is 1. The lowest BCUT2D eigenvalue weighted by Crippen LogP contribution is -2.21. The smallest absolute Gasteiger partial charge is 0.170 e. The number of nitrogens with two attached hydrogens (primary N) is 1. The van der Waals surface area contributed by atoms with Crippen LogP contribution in [0, 0.1) is 5.82 Å². The Morgan fingerprint density at radius 3 is 2.86 bits per heavy atom. The van der Waals surface area contributed by atoms with E-state index >= 15 is 0 Å². The predicted octanol–water partition coefficient (Wildman–Crippen LogP) is 2.21. The second kappa shape index (κ2) is 9.31. The van der Waals surface area contributed by atoms with E-state index in [0.29, 0.717) is 12.1 Å². The summed E-state index contributed by atoms with van der Waals surface area (Å²) < 4.78 is 18.7. The second-order valence-corrected chi connectivity index (χ2v) is 5.09. The molecule has 0 atom stereocenters. The van der Waals surface area contributed by atoms with Crippen LogP contribution < -0.4 is 11.1 Å². The number of benzene rings is 1. The van der Waals surface area contributed by atoms with Crippen molar-refractivity contribution in [3.8, 4) is 0 Å². The minimum atomic E-state index is -0.411. The summed E-state index contributed by atoms with van der Waals surface area (Å²) in [5.74, 6) is -0.497. The summed E-state index contributed by atoms with van der Waals surface area (Å²) in [6.45, 7) is 6.15. The molecular formula is C15H24FN3O2. The molecule has 0 bridgehead atoms. The Bertz CT molecular complexity index is 464. The number of rotatable bonds is 9. The lowest BCUT2D eigenvalue weighted by atomic mass is 10.1. The molecule has 1 aromatic rings. The lowest BCUT2D eigenvalue weighted by Gasteiger charge is -2.10. The Kier molecular flexibility index (Phi) is 7.71. The van der Waals surface area contributed by atoms with Gasteiger partial charge in [0.25, 0.3) is 0 Å². The van der Waals surface area contributed by atoms with Crippen molar-refractivity contribution in [2.45, 2.75) is 39.3 Å². The van der Waals surface area contributed by atoms with Gasteiger partial charge in [0.1, 0.15) is 5.82 Å². The lowest BCUT2D eigenvalue weighted by molar-refractivity contribution is 0.0760. The van der Waals surface area contributed by atoms with Crippen molar-refractivity contribution in [1.29, 1.82) is 0 Å². The highest BCUT2D eigenvalue weighted by molar-refractivity contribution is 5.98. The summed E-state index contributed by atoms with van der Waals surface area (Å²) >= 11 is 0. The minimum absolute atomic E-state index is 0.0865. The van der Waals surface area contributed by atoms with Crippen molar-refractivity contribution in [2.24, 2.45) is 10.9 Å². The summed E-state index contributed by atoms with van der Waals surface area (Å²) in [6.07, 6.45) is 2.24. The molecule has 0 aliphatic rings. The fraction of sp³-hybridized carbons (Fsp3) is 0.533. The average molecular weight is 297 g/mol. The molecule has 5 nitrogen and oxygen atoms in total. The van der Waals surface area contributed by atoms with Gasteiger partial charge in [0.05, 0.1) is 6.10 Å². The van der Waals surface area contributed by atoms with Gasteiger partial charge in [-0.05, 0) is 50.9 Å². The molecule has 0 radical (unpaired) electrons. The molecule has 0 aliphatic carbocycles. The zero-order valence-electron chi connectivity index (χ0n) is 12.6. The third-order valence-corrected chi connectivity index (χ3v) is 2.97. The van der Waals surface area contributed by atoms with E-state index < -0.39 is 5.82 Å². The van der Waals surface area contributed by atoms with E-state index in [1.165, 1.54) is 12.1 Å². The van der Waals surface area contributed by atoms with Crippen LogP contribution in [-0.4, -0.2) is 30.3 Å². The molecule has 0 aromatic heterocycles. The largest absolute Gasteiger partial charge is 0.409 e. The molecule has 0 spiro atoms. The monoisotopic (exact) mass is 297 g/mol. The summed E-state index contributed by atoms with van der Waals surface area (Å²) in [6, 6.07) is 4.27. The fourth-order valence-electron chi connectivity index (χ4n) is 1.89. The van der Waals surface area contributed by atoms with Crippen LogP contribution in [-0.2, 0) is 11.3 Å². The molecule has 0 amide bonds. The molecule has 6 heteroatoms. The van der Waals surface area contributed by atoms with Gasteiger partial charge >= 0.3 is 0 Å². The molecule has 0 unspecified atom stereocenters. The first-order valence-corrected chi connectivity index (χ1v) is 7.13. The van der Waals surface area contributed by atoms with Crippen molar-refractivity contribution in [3.05, 3.63) is 35.1 Å². The Labute approximate surface area is 125 Å². The van der Waals surface area contributed by atoms with Gasteiger partial charge in [-0.25, -0.2) is 4.39 Å². The van der Waals surface area contributed by atoms with Crippen molar-refractivity contribution in [3.63, 3.8) is 0 Å². The van der Waals surface area contributed by atoms with Gasteiger partial charge in [0.2, 0.25) is 0 Å². The van der Waals surface area contributed by atoms with Crippen LogP contribution >= 0.6 is 0 Å². The predicted molar refractivity (Wildman–Crippen MR) is 80.9 cm³/mol. The Balaban J connectivity index is 2.38. The van der Waals surface area contributed by atoms with E-state index in [4.69, 9.17) is 15.7 Å². The van der Waals surface area contributed by atoms with Crippen LogP contribution in [0.5, 0.6) is 0 Å². The topological polar surface area (TPSA) is 79.9 Å². The van der Waals surface area contributed by atoms with Crippen LogP contribution in [0.2, 0.25) is 0 Å². The first-order chi connectivity index (χ1) is 10.0. The number of unbranched alkanes of at least 4 members (excludes halogenated alkanes) is 1. The van der Waals surface area contributed by atoms with E-state index in [2.05, 4.69) is 10.5 Å². The maximum Gasteiger partial charge on any atom is 0.170 e. The molecule has 21 heavy (non-hydrogen) atoms. The first kappa shape index (κ1) is 17.4. The van der Waals surface area contributed by atoms with Crippen molar-refractivity contribution in [1.82, 2.24) is 5.32 Å². The molecular weight excluding hydrogens is 273 g/mol. The molecule has 0 aliphatic heterocycles. The van der Waals surface area contributed by atoms with Crippen molar-refractivity contribution >= 4 is 5.84 Å². The standard InChI is InChI=1S/C15H24FN3O2/c1-11(2)21-8-4-3-7-18-10-12-5-6-13(16)9-14(12)15(17)19-20/h5-6,9,11,18,20H,3-4,7-8,10H2,1-2H3,(H2,17,19).